The summed E-state index contributed by atoms with van der Waals surface area (Å²) in [6.45, 7) is 2.62. The summed E-state index contributed by atoms with van der Waals surface area (Å²) < 4.78 is 29.0. The van der Waals surface area contributed by atoms with Gasteiger partial charge in [-0.15, -0.1) is 0 Å². The Labute approximate surface area is 258 Å². The quantitative estimate of drug-likeness (QED) is 0.277. The predicted octanol–water partition coefficient (Wildman–Crippen LogP) is 1.50. The monoisotopic (exact) mass is 632 g/mol. The molecule has 0 spiro atoms. The second-order valence-corrected chi connectivity index (χ2v) is 13.2. The molecule has 43 heavy (non-hydrogen) atoms. The number of nitrogens with two attached hydrogens (primary N) is 1. The van der Waals surface area contributed by atoms with Gasteiger partial charge < -0.3 is 26.2 Å². The van der Waals surface area contributed by atoms with Crippen molar-refractivity contribution in [2.24, 2.45) is 5.73 Å². The molecule has 3 amide bonds. The minimum absolute atomic E-state index is 0.0111. The first-order valence-electron chi connectivity index (χ1n) is 14.7. The Balaban J connectivity index is 1.49. The Kier molecular flexibility index (Phi) is 11.9. The highest BCUT2D eigenvalue weighted by molar-refractivity contribution is 7.88. The zero-order valence-corrected chi connectivity index (χ0v) is 25.8. The van der Waals surface area contributed by atoms with E-state index in [4.69, 9.17) is 17.3 Å². The Morgan fingerprint density at radius 1 is 1.02 bits per heavy atom. The summed E-state index contributed by atoms with van der Waals surface area (Å²) in [5, 5.41) is 6.55. The van der Waals surface area contributed by atoms with Crippen molar-refractivity contribution in [3.05, 3.63) is 70.2 Å². The summed E-state index contributed by atoms with van der Waals surface area (Å²) in [6.07, 6.45) is 2.93. The Morgan fingerprint density at radius 2 is 1.77 bits per heavy atom. The van der Waals surface area contributed by atoms with Gasteiger partial charge in [0, 0.05) is 57.3 Å². The third-order valence-electron chi connectivity index (χ3n) is 7.85. The molecule has 4 rings (SSSR count). The fourth-order valence-corrected chi connectivity index (χ4v) is 7.08. The van der Waals surface area contributed by atoms with Crippen LogP contribution in [0, 0.1) is 0 Å². The molecular formula is C30H41ClN6O5S. The maximum absolute atomic E-state index is 14.0. The lowest BCUT2D eigenvalue weighted by Crippen LogP contribution is -2.63. The highest BCUT2D eigenvalue weighted by atomic mass is 35.5. The SMILES string of the molecule is NCc1ccc(Cl)cc1CNC(=O)C1CNCCN1C(=O)C(CCC(=O)N1CCCCC1)NS(=O)(=O)Cc1ccccc1. The number of piperazine rings is 1. The van der Waals surface area contributed by atoms with Gasteiger partial charge in [-0.3, -0.25) is 14.4 Å². The molecule has 2 saturated heterocycles. The zero-order chi connectivity index (χ0) is 30.8. The van der Waals surface area contributed by atoms with Crippen molar-refractivity contribution in [3.63, 3.8) is 0 Å². The average Bonchev–Trinajstić information content (AvgIpc) is 3.02. The van der Waals surface area contributed by atoms with E-state index in [0.717, 1.165) is 30.4 Å². The zero-order valence-electron chi connectivity index (χ0n) is 24.3. The summed E-state index contributed by atoms with van der Waals surface area (Å²) in [7, 11) is -3.95. The van der Waals surface area contributed by atoms with Gasteiger partial charge in [-0.05, 0) is 54.5 Å². The van der Waals surface area contributed by atoms with E-state index in [1.54, 1.807) is 53.4 Å². The summed E-state index contributed by atoms with van der Waals surface area (Å²) in [4.78, 5) is 43.5. The lowest BCUT2D eigenvalue weighted by molar-refractivity contribution is -0.143. The van der Waals surface area contributed by atoms with E-state index in [1.807, 2.05) is 0 Å². The maximum Gasteiger partial charge on any atom is 0.244 e. The third kappa shape index (κ3) is 9.48. The molecule has 0 bridgehead atoms. The van der Waals surface area contributed by atoms with Crippen LogP contribution in [-0.4, -0.2) is 80.7 Å². The minimum Gasteiger partial charge on any atom is -0.350 e. The molecule has 2 unspecified atom stereocenters. The first-order chi connectivity index (χ1) is 20.7. The molecule has 0 aliphatic carbocycles. The summed E-state index contributed by atoms with van der Waals surface area (Å²) in [6, 6.07) is 11.9. The summed E-state index contributed by atoms with van der Waals surface area (Å²) >= 11 is 6.14. The number of piperidine rings is 1. The van der Waals surface area contributed by atoms with E-state index in [0.29, 0.717) is 30.2 Å². The molecule has 2 fully saturated rings. The van der Waals surface area contributed by atoms with Crippen LogP contribution < -0.4 is 21.1 Å². The molecule has 2 aliphatic heterocycles. The van der Waals surface area contributed by atoms with Crippen molar-refractivity contribution in [2.75, 3.05) is 32.7 Å². The summed E-state index contributed by atoms with van der Waals surface area (Å²) in [5.74, 6) is -1.34. The van der Waals surface area contributed by atoms with Crippen molar-refractivity contribution in [3.8, 4) is 0 Å². The second-order valence-electron chi connectivity index (χ2n) is 11.0. The van der Waals surface area contributed by atoms with Gasteiger partial charge in [-0.1, -0.05) is 48.0 Å². The second kappa shape index (κ2) is 15.6. The number of nitrogens with one attached hydrogen (secondary N) is 3. The number of amides is 3. The van der Waals surface area contributed by atoms with Gasteiger partial charge in [0.2, 0.25) is 27.7 Å². The molecule has 2 atom stereocenters. The summed E-state index contributed by atoms with van der Waals surface area (Å²) in [5.41, 5.74) is 8.02. The van der Waals surface area contributed by atoms with Gasteiger partial charge in [0.1, 0.15) is 12.1 Å². The normalized spacial score (nSPS) is 18.2. The largest absolute Gasteiger partial charge is 0.350 e. The number of nitrogens with zero attached hydrogens (tertiary/aromatic N) is 2. The standard InChI is InChI=1S/C30H41ClN6O5S/c31-25-10-9-23(18-32)24(17-25)19-34-29(39)27-20-33-13-16-37(27)30(40)26(11-12-28(38)36-14-5-2-6-15-36)35-43(41,42)21-22-7-3-1-4-8-22/h1,3-4,7-10,17,26-27,33,35H,2,5-6,11-16,18-21,32H2,(H,34,39). The molecule has 234 valence electrons. The lowest BCUT2D eigenvalue weighted by atomic mass is 10.0. The number of likely N-dealkylation sites (tertiary alicyclic amines) is 1. The van der Waals surface area contributed by atoms with Crippen molar-refractivity contribution in [2.45, 2.75) is 63.0 Å². The van der Waals surface area contributed by atoms with Crippen LogP contribution in [-0.2, 0) is 43.2 Å². The third-order valence-corrected chi connectivity index (χ3v) is 9.44. The van der Waals surface area contributed by atoms with Gasteiger partial charge in [0.05, 0.1) is 5.75 Å². The van der Waals surface area contributed by atoms with Crippen LogP contribution in [0.15, 0.2) is 48.5 Å². The van der Waals surface area contributed by atoms with Crippen LogP contribution in [0.2, 0.25) is 5.02 Å². The Hall–Kier alpha value is -3.03. The molecule has 2 aromatic rings. The van der Waals surface area contributed by atoms with Crippen LogP contribution in [0.1, 0.15) is 48.8 Å². The molecule has 2 aliphatic rings. The van der Waals surface area contributed by atoms with E-state index < -0.39 is 33.9 Å². The van der Waals surface area contributed by atoms with Crippen LogP contribution in [0.3, 0.4) is 0 Å². The number of benzene rings is 2. The number of carbonyl (C=O) groups is 3. The maximum atomic E-state index is 14.0. The number of rotatable bonds is 12. The van der Waals surface area contributed by atoms with E-state index in [2.05, 4.69) is 15.4 Å². The first kappa shape index (κ1) is 32.9. The van der Waals surface area contributed by atoms with E-state index in [9.17, 15) is 22.8 Å². The fourth-order valence-electron chi connectivity index (χ4n) is 5.51. The van der Waals surface area contributed by atoms with Crippen molar-refractivity contribution in [1.29, 1.82) is 0 Å². The van der Waals surface area contributed by atoms with E-state index in [1.165, 1.54) is 4.90 Å². The molecule has 0 radical (unpaired) electrons. The van der Waals surface area contributed by atoms with Crippen molar-refractivity contribution < 1.29 is 22.8 Å². The lowest BCUT2D eigenvalue weighted by Gasteiger charge is -2.37. The van der Waals surface area contributed by atoms with Crippen LogP contribution in [0.5, 0.6) is 0 Å². The van der Waals surface area contributed by atoms with Gasteiger partial charge in [-0.25, -0.2) is 13.1 Å². The molecule has 2 aromatic carbocycles. The number of carbonyl (C=O) groups excluding carboxylic acids is 3. The Bertz CT molecular complexity index is 1370. The van der Waals surface area contributed by atoms with Crippen molar-refractivity contribution in [1.82, 2.24) is 25.2 Å². The highest BCUT2D eigenvalue weighted by Gasteiger charge is 2.37. The highest BCUT2D eigenvalue weighted by Crippen LogP contribution is 2.18. The Morgan fingerprint density at radius 3 is 2.49 bits per heavy atom. The number of hydrogen-bond donors (Lipinski definition) is 4. The number of halogens is 1. The van der Waals surface area contributed by atoms with Gasteiger partial charge in [0.15, 0.2) is 0 Å². The van der Waals surface area contributed by atoms with Crippen LogP contribution in [0.25, 0.3) is 0 Å². The predicted molar refractivity (Wildman–Crippen MR) is 165 cm³/mol. The molecular weight excluding hydrogens is 592 g/mol. The molecule has 0 saturated carbocycles. The number of hydrogen-bond acceptors (Lipinski definition) is 7. The van der Waals surface area contributed by atoms with Gasteiger partial charge in [0.25, 0.3) is 0 Å². The van der Waals surface area contributed by atoms with E-state index in [-0.39, 0.29) is 50.7 Å². The van der Waals surface area contributed by atoms with E-state index >= 15 is 0 Å². The average molecular weight is 633 g/mol. The van der Waals surface area contributed by atoms with Crippen LogP contribution in [0.4, 0.5) is 0 Å². The molecule has 5 N–H and O–H groups in total. The van der Waals surface area contributed by atoms with Crippen molar-refractivity contribution >= 4 is 39.3 Å². The molecule has 11 nitrogen and oxygen atoms in total. The molecule has 13 heteroatoms. The first-order valence-corrected chi connectivity index (χ1v) is 16.8. The molecule has 2 heterocycles. The minimum atomic E-state index is -3.95. The topological polar surface area (TPSA) is 154 Å². The smallest absolute Gasteiger partial charge is 0.244 e. The van der Waals surface area contributed by atoms with Crippen LogP contribution >= 0.6 is 11.6 Å². The van der Waals surface area contributed by atoms with Gasteiger partial charge >= 0.3 is 0 Å². The number of sulfonamides is 1. The molecule has 0 aromatic heterocycles. The van der Waals surface area contributed by atoms with Gasteiger partial charge in [-0.2, -0.15) is 0 Å². The fraction of sp³-hybridized carbons (Fsp3) is 0.500.